The average molecular weight is 486 g/mol. The number of hydrogen-bond acceptors (Lipinski definition) is 4. The maximum absolute atomic E-state index is 5.84. The molecule has 6 nitrogen and oxygen atoms in total. The normalized spacial score (nSPS) is 10.9. The number of rotatable bonds is 12. The Hall–Kier alpha value is -0.770. The highest BCUT2D eigenvalue weighted by atomic mass is 127. The van der Waals surface area contributed by atoms with Gasteiger partial charge in [-0.1, -0.05) is 11.6 Å². The molecule has 0 saturated carbocycles. The summed E-state index contributed by atoms with van der Waals surface area (Å²) in [6.45, 7) is 6.71. The molecule has 2 N–H and O–H groups in total. The van der Waals surface area contributed by atoms with Crippen LogP contribution >= 0.6 is 35.6 Å². The van der Waals surface area contributed by atoms with Crippen LogP contribution in [-0.2, 0) is 9.47 Å². The molecule has 0 atom stereocenters. The van der Waals surface area contributed by atoms with Gasteiger partial charge in [-0.3, -0.25) is 4.99 Å². The smallest absolute Gasteiger partial charge is 0.191 e. The third-order valence-electron chi connectivity index (χ3n) is 2.97. The number of ether oxygens (including phenoxy) is 3. The van der Waals surface area contributed by atoms with Gasteiger partial charge >= 0.3 is 0 Å². The molecule has 0 aromatic heterocycles. The Kier molecular flexibility index (Phi) is 16.2. The Morgan fingerprint density at radius 3 is 2.52 bits per heavy atom. The Balaban J connectivity index is 0.00000576. The van der Waals surface area contributed by atoms with Crippen molar-refractivity contribution in [2.45, 2.75) is 13.3 Å². The van der Waals surface area contributed by atoms with Crippen LogP contribution in [-0.4, -0.2) is 59.1 Å². The van der Waals surface area contributed by atoms with Crippen LogP contribution in [0.3, 0.4) is 0 Å². The van der Waals surface area contributed by atoms with Crippen molar-refractivity contribution in [2.24, 2.45) is 4.99 Å². The van der Waals surface area contributed by atoms with Crippen LogP contribution in [0.2, 0.25) is 5.02 Å². The molecule has 0 fully saturated rings. The lowest BCUT2D eigenvalue weighted by Crippen LogP contribution is -2.39. The van der Waals surface area contributed by atoms with E-state index in [1.165, 1.54) is 0 Å². The van der Waals surface area contributed by atoms with Gasteiger partial charge in [0.15, 0.2) is 5.96 Å². The first-order valence-electron chi connectivity index (χ1n) is 8.23. The highest BCUT2D eigenvalue weighted by Crippen LogP contribution is 2.14. The molecule has 25 heavy (non-hydrogen) atoms. The van der Waals surface area contributed by atoms with Crippen LogP contribution in [0, 0.1) is 0 Å². The molecular formula is C17H29ClIN3O3. The second-order valence-corrected chi connectivity index (χ2v) is 5.38. The zero-order valence-corrected chi connectivity index (χ0v) is 18.0. The van der Waals surface area contributed by atoms with Gasteiger partial charge in [0.1, 0.15) is 12.4 Å². The fraction of sp³-hybridized carbons (Fsp3) is 0.588. The molecular weight excluding hydrogens is 457 g/mol. The topological polar surface area (TPSA) is 64.1 Å². The van der Waals surface area contributed by atoms with Crippen LogP contribution in [0.5, 0.6) is 5.75 Å². The molecule has 0 saturated heterocycles. The number of methoxy groups -OCH3 is 1. The van der Waals surface area contributed by atoms with E-state index in [2.05, 4.69) is 15.6 Å². The number of nitrogens with one attached hydrogen (secondary N) is 2. The van der Waals surface area contributed by atoms with Crippen molar-refractivity contribution in [1.29, 1.82) is 0 Å². The van der Waals surface area contributed by atoms with Gasteiger partial charge in [0.05, 0.1) is 19.8 Å². The fourth-order valence-corrected chi connectivity index (χ4v) is 1.94. The summed E-state index contributed by atoms with van der Waals surface area (Å²) in [5.41, 5.74) is 0. The molecule has 1 rings (SSSR count). The summed E-state index contributed by atoms with van der Waals surface area (Å²) in [6.07, 6.45) is 0.877. The predicted octanol–water partition coefficient (Wildman–Crippen LogP) is 2.95. The van der Waals surface area contributed by atoms with Crippen molar-refractivity contribution < 1.29 is 14.2 Å². The highest BCUT2D eigenvalue weighted by molar-refractivity contribution is 14.0. The summed E-state index contributed by atoms with van der Waals surface area (Å²) in [5.74, 6) is 1.59. The fourth-order valence-electron chi connectivity index (χ4n) is 1.81. The molecule has 144 valence electrons. The second kappa shape index (κ2) is 16.7. The van der Waals surface area contributed by atoms with Gasteiger partial charge in [-0.15, -0.1) is 24.0 Å². The lowest BCUT2D eigenvalue weighted by atomic mass is 10.3. The predicted molar refractivity (Wildman–Crippen MR) is 114 cm³/mol. The number of aliphatic imine (C=N–C) groups is 1. The van der Waals surface area contributed by atoms with Crippen molar-refractivity contribution >= 4 is 41.5 Å². The van der Waals surface area contributed by atoms with E-state index < -0.39 is 0 Å². The minimum atomic E-state index is 0. The molecule has 0 radical (unpaired) electrons. The Labute approximate surface area is 172 Å². The first-order chi connectivity index (χ1) is 11.8. The van der Waals surface area contributed by atoms with Crippen LogP contribution in [0.4, 0.5) is 0 Å². The molecule has 0 spiro atoms. The number of nitrogens with zero attached hydrogens (tertiary/aromatic N) is 1. The Morgan fingerprint density at radius 2 is 1.84 bits per heavy atom. The third kappa shape index (κ3) is 13.1. The largest absolute Gasteiger partial charge is 0.492 e. The molecule has 0 bridgehead atoms. The summed E-state index contributed by atoms with van der Waals surface area (Å²) >= 11 is 5.84. The number of halogens is 2. The summed E-state index contributed by atoms with van der Waals surface area (Å²) in [6, 6.07) is 7.32. The SMILES string of the molecule is CCNC(=NCCCOCCOC)NCCOc1ccc(Cl)cc1.I. The van der Waals surface area contributed by atoms with E-state index in [9.17, 15) is 0 Å². The number of guanidine groups is 1. The lowest BCUT2D eigenvalue weighted by molar-refractivity contribution is 0.0702. The van der Waals surface area contributed by atoms with E-state index in [4.69, 9.17) is 25.8 Å². The van der Waals surface area contributed by atoms with E-state index >= 15 is 0 Å². The molecule has 0 aliphatic carbocycles. The van der Waals surface area contributed by atoms with E-state index in [0.29, 0.717) is 44.5 Å². The third-order valence-corrected chi connectivity index (χ3v) is 3.22. The molecule has 8 heteroatoms. The van der Waals surface area contributed by atoms with Gasteiger partial charge in [0.2, 0.25) is 0 Å². The van der Waals surface area contributed by atoms with Crippen LogP contribution in [0.25, 0.3) is 0 Å². The summed E-state index contributed by atoms with van der Waals surface area (Å²) in [7, 11) is 1.67. The first kappa shape index (κ1) is 24.2. The second-order valence-electron chi connectivity index (χ2n) is 4.95. The van der Waals surface area contributed by atoms with E-state index in [-0.39, 0.29) is 24.0 Å². The molecule has 0 aliphatic heterocycles. The average Bonchev–Trinajstić information content (AvgIpc) is 2.59. The van der Waals surface area contributed by atoms with Gasteiger partial charge in [-0.25, -0.2) is 0 Å². The monoisotopic (exact) mass is 485 g/mol. The number of hydrogen-bond donors (Lipinski definition) is 2. The van der Waals surface area contributed by atoms with Crippen molar-refractivity contribution in [3.8, 4) is 5.75 Å². The Morgan fingerprint density at radius 1 is 1.08 bits per heavy atom. The van der Waals surface area contributed by atoms with Gasteiger partial charge in [-0.2, -0.15) is 0 Å². The number of benzene rings is 1. The van der Waals surface area contributed by atoms with Crippen LogP contribution in [0.15, 0.2) is 29.3 Å². The molecule has 1 aromatic rings. The zero-order valence-electron chi connectivity index (χ0n) is 14.9. The summed E-state index contributed by atoms with van der Waals surface area (Å²) in [4.78, 5) is 4.50. The van der Waals surface area contributed by atoms with Gasteiger partial charge in [-0.05, 0) is 37.6 Å². The van der Waals surface area contributed by atoms with Crippen LogP contribution < -0.4 is 15.4 Å². The van der Waals surface area contributed by atoms with Crippen LogP contribution in [0.1, 0.15) is 13.3 Å². The van der Waals surface area contributed by atoms with Gasteiger partial charge in [0.25, 0.3) is 0 Å². The Bertz CT molecular complexity index is 461. The van der Waals surface area contributed by atoms with Crippen molar-refractivity contribution in [3.05, 3.63) is 29.3 Å². The van der Waals surface area contributed by atoms with E-state index in [1.54, 1.807) is 7.11 Å². The van der Waals surface area contributed by atoms with Gasteiger partial charge in [0, 0.05) is 31.8 Å². The molecule has 0 amide bonds. The summed E-state index contributed by atoms with van der Waals surface area (Å²) in [5, 5.41) is 7.15. The molecule has 0 heterocycles. The lowest BCUT2D eigenvalue weighted by Gasteiger charge is -2.12. The van der Waals surface area contributed by atoms with E-state index in [0.717, 1.165) is 24.7 Å². The minimum absolute atomic E-state index is 0. The minimum Gasteiger partial charge on any atom is -0.492 e. The maximum Gasteiger partial charge on any atom is 0.191 e. The highest BCUT2D eigenvalue weighted by Gasteiger charge is 1.98. The maximum atomic E-state index is 5.84. The van der Waals surface area contributed by atoms with Crippen molar-refractivity contribution in [3.63, 3.8) is 0 Å². The molecule has 1 aromatic carbocycles. The summed E-state index contributed by atoms with van der Waals surface area (Å²) < 4.78 is 16.0. The van der Waals surface area contributed by atoms with Crippen molar-refractivity contribution in [2.75, 3.05) is 53.2 Å². The van der Waals surface area contributed by atoms with Gasteiger partial charge < -0.3 is 24.8 Å². The van der Waals surface area contributed by atoms with Crippen molar-refractivity contribution in [1.82, 2.24) is 10.6 Å². The standard InChI is InChI=1S/C17H28ClN3O3.HI/c1-3-19-17(20-9-4-11-23-14-13-22-2)21-10-12-24-16-7-5-15(18)6-8-16;/h5-8H,3-4,9-14H2,1-2H3,(H2,19,20,21);1H. The molecule has 0 unspecified atom stereocenters. The first-order valence-corrected chi connectivity index (χ1v) is 8.61. The quantitative estimate of drug-likeness (QED) is 0.206. The van der Waals surface area contributed by atoms with E-state index in [1.807, 2.05) is 31.2 Å². The zero-order chi connectivity index (χ0) is 17.5. The molecule has 0 aliphatic rings.